The third-order valence-electron chi connectivity index (χ3n) is 5.68. The largest absolute Gasteiger partial charge is 0.492 e. The Kier molecular flexibility index (Phi) is 13.4. The van der Waals surface area contributed by atoms with Gasteiger partial charge in [-0.25, -0.2) is 14.0 Å². The summed E-state index contributed by atoms with van der Waals surface area (Å²) in [7, 11) is 0. The highest BCUT2D eigenvalue weighted by Crippen LogP contribution is 2.15. The molecule has 1 N–H and O–H groups in total. The molecule has 0 aliphatic carbocycles. The lowest BCUT2D eigenvalue weighted by Crippen LogP contribution is -2.36. The number of carbonyl (C=O) groups is 2. The molecule has 0 radical (unpaired) electrons. The van der Waals surface area contributed by atoms with Gasteiger partial charge in [-0.1, -0.05) is 56.9 Å². The van der Waals surface area contributed by atoms with E-state index in [1.165, 1.54) is 18.6 Å². The number of amides is 1. The summed E-state index contributed by atoms with van der Waals surface area (Å²) < 4.78 is 29.6. The minimum absolute atomic E-state index is 0.0762. The van der Waals surface area contributed by atoms with E-state index in [1.54, 1.807) is 36.1 Å². The van der Waals surface area contributed by atoms with Crippen molar-refractivity contribution in [1.29, 1.82) is 0 Å². The molecule has 0 saturated heterocycles. The topological polar surface area (TPSA) is 85.3 Å². The number of rotatable bonds is 17. The van der Waals surface area contributed by atoms with Crippen LogP contribution in [-0.4, -0.2) is 54.5 Å². The Labute approximate surface area is 213 Å². The number of carboxylic acid groups (broad SMARTS) is 1. The molecule has 0 saturated carbocycles. The second-order valence-corrected chi connectivity index (χ2v) is 8.56. The lowest BCUT2D eigenvalue weighted by atomic mass is 10.1. The molecule has 0 aliphatic rings. The fourth-order valence-electron chi connectivity index (χ4n) is 3.65. The van der Waals surface area contributed by atoms with Gasteiger partial charge < -0.3 is 24.2 Å². The van der Waals surface area contributed by atoms with Gasteiger partial charge in [0.1, 0.15) is 24.8 Å². The average molecular weight is 504 g/mol. The normalized spacial score (nSPS) is 11.6. The van der Waals surface area contributed by atoms with Gasteiger partial charge in [0.25, 0.3) is 0 Å². The van der Waals surface area contributed by atoms with E-state index in [-0.39, 0.29) is 25.5 Å². The highest BCUT2D eigenvalue weighted by Gasteiger charge is 2.18. The van der Waals surface area contributed by atoms with Crippen molar-refractivity contribution in [3.05, 3.63) is 65.5 Å². The van der Waals surface area contributed by atoms with Crippen molar-refractivity contribution in [2.45, 2.75) is 65.1 Å². The van der Waals surface area contributed by atoms with Crippen LogP contribution in [0.25, 0.3) is 0 Å². The molecule has 0 fully saturated rings. The Morgan fingerprint density at radius 1 is 0.917 bits per heavy atom. The van der Waals surface area contributed by atoms with Crippen LogP contribution >= 0.6 is 0 Å². The number of hydrogen-bond donors (Lipinski definition) is 1. The van der Waals surface area contributed by atoms with Crippen molar-refractivity contribution in [2.75, 3.05) is 26.3 Å². The van der Waals surface area contributed by atoms with Crippen LogP contribution in [0, 0.1) is 5.82 Å². The van der Waals surface area contributed by atoms with E-state index >= 15 is 0 Å². The van der Waals surface area contributed by atoms with Gasteiger partial charge in [0.05, 0.1) is 6.54 Å². The molecule has 2 rings (SSSR count). The Morgan fingerprint density at radius 3 is 2.22 bits per heavy atom. The van der Waals surface area contributed by atoms with E-state index in [0.717, 1.165) is 36.8 Å². The minimum Gasteiger partial charge on any atom is -0.492 e. The molecule has 2 aromatic carbocycles. The highest BCUT2D eigenvalue weighted by atomic mass is 19.1. The smallest absolute Gasteiger partial charge is 0.410 e. The molecule has 0 heterocycles. The SMILES string of the molecule is CCCCCCCN(CCOc1ccc(CC(OCC)C(=O)O)cc1)C(=O)OCc1ccc(F)cc1. The van der Waals surface area contributed by atoms with E-state index < -0.39 is 18.2 Å². The second-order valence-electron chi connectivity index (χ2n) is 8.56. The molecule has 1 unspecified atom stereocenters. The summed E-state index contributed by atoms with van der Waals surface area (Å²) >= 11 is 0. The standard InChI is InChI=1S/C28H38FNO6/c1-3-5-6-7-8-17-30(28(33)36-21-23-9-13-24(29)14-10-23)18-19-35-25-15-11-22(12-16-25)20-26(27(31)32)34-4-2/h9-16,26H,3-8,17-21H2,1-2H3,(H,31,32). The minimum atomic E-state index is -0.988. The monoisotopic (exact) mass is 503 g/mol. The summed E-state index contributed by atoms with van der Waals surface area (Å²) in [6.45, 7) is 5.56. The van der Waals surface area contributed by atoms with Crippen LogP contribution in [0.5, 0.6) is 5.75 Å². The molecule has 1 amide bonds. The zero-order valence-corrected chi connectivity index (χ0v) is 21.3. The van der Waals surface area contributed by atoms with E-state index in [2.05, 4.69) is 6.92 Å². The van der Waals surface area contributed by atoms with Gasteiger partial charge in [-0.15, -0.1) is 0 Å². The first-order chi connectivity index (χ1) is 17.4. The lowest BCUT2D eigenvalue weighted by Gasteiger charge is -2.22. The number of ether oxygens (including phenoxy) is 3. The Bertz CT molecular complexity index is 903. The van der Waals surface area contributed by atoms with Crippen LogP contribution < -0.4 is 4.74 Å². The fourth-order valence-corrected chi connectivity index (χ4v) is 3.65. The number of benzene rings is 2. The lowest BCUT2D eigenvalue weighted by molar-refractivity contribution is -0.149. The zero-order chi connectivity index (χ0) is 26.2. The van der Waals surface area contributed by atoms with Crippen LogP contribution in [0.1, 0.15) is 57.1 Å². The van der Waals surface area contributed by atoms with Crippen LogP contribution in [0.3, 0.4) is 0 Å². The summed E-state index contributed by atoms with van der Waals surface area (Å²) in [5, 5.41) is 9.24. The molecule has 8 heteroatoms. The van der Waals surface area contributed by atoms with Crippen molar-refractivity contribution in [3.63, 3.8) is 0 Å². The summed E-state index contributed by atoms with van der Waals surface area (Å²) in [6.07, 6.45) is 4.34. The van der Waals surface area contributed by atoms with Crippen molar-refractivity contribution >= 4 is 12.1 Å². The van der Waals surface area contributed by atoms with Gasteiger partial charge in [-0.05, 0) is 48.7 Å². The van der Waals surface area contributed by atoms with Crippen molar-refractivity contribution < 1.29 is 33.3 Å². The van der Waals surface area contributed by atoms with Gasteiger partial charge in [0, 0.05) is 19.6 Å². The quantitative estimate of drug-likeness (QED) is 0.273. The highest BCUT2D eigenvalue weighted by molar-refractivity contribution is 5.72. The Balaban J connectivity index is 1.86. The summed E-state index contributed by atoms with van der Waals surface area (Å²) in [4.78, 5) is 25.6. The molecule has 0 spiro atoms. The number of carboxylic acids is 1. The molecule has 36 heavy (non-hydrogen) atoms. The number of hydrogen-bond acceptors (Lipinski definition) is 5. The molecule has 198 valence electrons. The first kappa shape index (κ1) is 29.1. The third kappa shape index (κ3) is 11.1. The zero-order valence-electron chi connectivity index (χ0n) is 21.3. The second kappa shape index (κ2) is 16.5. The third-order valence-corrected chi connectivity index (χ3v) is 5.68. The van der Waals surface area contributed by atoms with Crippen molar-refractivity contribution in [3.8, 4) is 5.75 Å². The predicted molar refractivity (Wildman–Crippen MR) is 136 cm³/mol. The van der Waals surface area contributed by atoms with E-state index in [9.17, 15) is 19.1 Å². The van der Waals surface area contributed by atoms with E-state index in [1.807, 2.05) is 12.1 Å². The van der Waals surface area contributed by atoms with Gasteiger partial charge in [-0.2, -0.15) is 0 Å². The molecule has 0 aliphatic heterocycles. The fraction of sp³-hybridized carbons (Fsp3) is 0.500. The summed E-state index contributed by atoms with van der Waals surface area (Å²) in [5.41, 5.74) is 1.56. The van der Waals surface area contributed by atoms with E-state index in [0.29, 0.717) is 25.4 Å². The van der Waals surface area contributed by atoms with Gasteiger partial charge in [0.15, 0.2) is 6.10 Å². The Morgan fingerprint density at radius 2 is 1.58 bits per heavy atom. The van der Waals surface area contributed by atoms with Crippen LogP contribution in [0.4, 0.5) is 9.18 Å². The first-order valence-corrected chi connectivity index (χ1v) is 12.6. The number of unbranched alkanes of at least 4 members (excludes halogenated alkanes) is 4. The number of aliphatic carboxylic acids is 1. The maximum atomic E-state index is 13.1. The van der Waals surface area contributed by atoms with Gasteiger partial charge in [-0.3, -0.25) is 0 Å². The number of carbonyl (C=O) groups excluding carboxylic acids is 1. The van der Waals surface area contributed by atoms with Crippen LogP contribution in [0.15, 0.2) is 48.5 Å². The van der Waals surface area contributed by atoms with Gasteiger partial charge in [0.2, 0.25) is 0 Å². The molecule has 0 aromatic heterocycles. The molecule has 0 bridgehead atoms. The molecular formula is C28H38FNO6. The van der Waals surface area contributed by atoms with Crippen molar-refractivity contribution in [1.82, 2.24) is 4.90 Å². The molecular weight excluding hydrogens is 465 g/mol. The van der Waals surface area contributed by atoms with Crippen molar-refractivity contribution in [2.24, 2.45) is 0 Å². The summed E-state index contributed by atoms with van der Waals surface area (Å²) in [6, 6.07) is 13.1. The Hall–Kier alpha value is -3.13. The maximum Gasteiger partial charge on any atom is 0.410 e. The maximum absolute atomic E-state index is 13.1. The average Bonchev–Trinajstić information content (AvgIpc) is 2.87. The number of halogens is 1. The van der Waals surface area contributed by atoms with Crippen LogP contribution in [-0.2, 0) is 27.3 Å². The molecule has 2 aromatic rings. The summed E-state index contributed by atoms with van der Waals surface area (Å²) in [5.74, 6) is -0.692. The van der Waals surface area contributed by atoms with Crippen LogP contribution in [0.2, 0.25) is 0 Å². The first-order valence-electron chi connectivity index (χ1n) is 12.6. The van der Waals surface area contributed by atoms with Gasteiger partial charge >= 0.3 is 12.1 Å². The molecule has 7 nitrogen and oxygen atoms in total. The number of nitrogens with zero attached hydrogens (tertiary/aromatic N) is 1. The van der Waals surface area contributed by atoms with E-state index in [4.69, 9.17) is 14.2 Å². The predicted octanol–water partition coefficient (Wildman–Crippen LogP) is 5.85. The molecule has 1 atom stereocenters.